The largest absolute Gasteiger partial charge is 0.369 e. The van der Waals surface area contributed by atoms with Gasteiger partial charge in [0.1, 0.15) is 5.82 Å². The van der Waals surface area contributed by atoms with Gasteiger partial charge in [0, 0.05) is 53.8 Å². The maximum atomic E-state index is 4.46. The predicted octanol–water partition coefficient (Wildman–Crippen LogP) is 3.45. The minimum absolute atomic E-state index is 0.893. The quantitative estimate of drug-likeness (QED) is 0.777. The lowest BCUT2D eigenvalue weighted by atomic mass is 10.2. The highest BCUT2D eigenvalue weighted by molar-refractivity contribution is 7.17. The van der Waals surface area contributed by atoms with Gasteiger partial charge in [-0.2, -0.15) is 0 Å². The first kappa shape index (κ1) is 13.5. The Bertz CT molecular complexity index is 760. The first-order valence-corrected chi connectivity index (χ1v) is 8.42. The van der Waals surface area contributed by atoms with E-state index < -0.39 is 0 Å². The lowest BCUT2D eigenvalue weighted by Crippen LogP contribution is -2.43. The van der Waals surface area contributed by atoms with Crippen molar-refractivity contribution in [3.63, 3.8) is 0 Å². The normalized spacial score (nSPS) is 15.2. The van der Waals surface area contributed by atoms with Gasteiger partial charge in [0.2, 0.25) is 0 Å². The van der Waals surface area contributed by atoms with Crippen LogP contribution in [0.2, 0.25) is 0 Å². The van der Waals surface area contributed by atoms with Gasteiger partial charge >= 0.3 is 0 Å². The van der Waals surface area contributed by atoms with E-state index in [1.165, 1.54) is 15.8 Å². The topological polar surface area (TPSA) is 40.2 Å². The highest BCUT2D eigenvalue weighted by atomic mass is 32.1. The minimum Gasteiger partial charge on any atom is -0.369 e. The smallest absolute Gasteiger partial charge is 0.131 e. The molecule has 0 spiro atoms. The van der Waals surface area contributed by atoms with Gasteiger partial charge in [-0.3, -0.25) is 0 Å². The summed E-state index contributed by atoms with van der Waals surface area (Å²) >= 11 is 1.74. The van der Waals surface area contributed by atoms with E-state index in [0.29, 0.717) is 0 Å². The number of nitrogens with one attached hydrogen (secondary N) is 2. The van der Waals surface area contributed by atoms with Crippen LogP contribution in [0.1, 0.15) is 0 Å². The molecule has 0 saturated carbocycles. The molecule has 1 fully saturated rings. The zero-order valence-corrected chi connectivity index (χ0v) is 13.1. The van der Waals surface area contributed by atoms with Gasteiger partial charge in [-0.1, -0.05) is 0 Å². The molecule has 2 N–H and O–H groups in total. The first-order chi connectivity index (χ1) is 10.9. The van der Waals surface area contributed by atoms with Crippen LogP contribution in [-0.4, -0.2) is 31.2 Å². The van der Waals surface area contributed by atoms with Crippen molar-refractivity contribution < 1.29 is 0 Å². The number of piperazine rings is 1. The summed E-state index contributed by atoms with van der Waals surface area (Å²) in [7, 11) is 0. The van der Waals surface area contributed by atoms with Crippen LogP contribution >= 0.6 is 11.3 Å². The molecule has 1 aromatic carbocycles. The molecule has 22 heavy (non-hydrogen) atoms. The van der Waals surface area contributed by atoms with Gasteiger partial charge in [0.25, 0.3) is 0 Å². The van der Waals surface area contributed by atoms with Gasteiger partial charge in [0.05, 0.1) is 0 Å². The molecule has 0 radical (unpaired) electrons. The molecule has 0 unspecified atom stereocenters. The van der Waals surface area contributed by atoms with Crippen molar-refractivity contribution in [3.8, 4) is 0 Å². The van der Waals surface area contributed by atoms with Crippen LogP contribution in [0.15, 0.2) is 48.0 Å². The average molecular weight is 310 g/mol. The summed E-state index contributed by atoms with van der Waals surface area (Å²) in [5.74, 6) is 0.893. The fourth-order valence-electron chi connectivity index (χ4n) is 2.75. The molecule has 0 aliphatic carbocycles. The Kier molecular flexibility index (Phi) is 3.66. The van der Waals surface area contributed by atoms with E-state index in [1.54, 1.807) is 11.3 Å². The molecule has 1 saturated heterocycles. The molecule has 0 amide bonds. The predicted molar refractivity (Wildman–Crippen MR) is 94.4 cm³/mol. The monoisotopic (exact) mass is 310 g/mol. The molecule has 2 aromatic heterocycles. The number of anilines is 3. The van der Waals surface area contributed by atoms with Crippen LogP contribution < -0.4 is 15.5 Å². The highest BCUT2D eigenvalue weighted by Gasteiger charge is 2.10. The fourth-order valence-corrected chi connectivity index (χ4v) is 3.55. The number of hydrogen-bond acceptors (Lipinski definition) is 5. The number of thiophene rings is 1. The molecule has 112 valence electrons. The standard InChI is InChI=1S/C17H18N4S/c1-3-15(21-8-6-18-7-9-21)4-2-14(1)20-17-11-16-13(12-19-17)5-10-22-16/h1-5,10-12,18H,6-9H2,(H,19,20). The third kappa shape index (κ3) is 2.77. The van der Waals surface area contributed by atoms with Crippen molar-refractivity contribution >= 4 is 38.6 Å². The maximum Gasteiger partial charge on any atom is 0.131 e. The molecule has 3 heterocycles. The second-order valence-electron chi connectivity index (χ2n) is 5.44. The Morgan fingerprint density at radius 2 is 1.91 bits per heavy atom. The summed E-state index contributed by atoms with van der Waals surface area (Å²) in [6.07, 6.45) is 1.92. The van der Waals surface area contributed by atoms with E-state index in [0.717, 1.165) is 37.7 Å². The van der Waals surface area contributed by atoms with Crippen LogP contribution in [0.3, 0.4) is 0 Å². The molecule has 5 heteroatoms. The van der Waals surface area contributed by atoms with Gasteiger partial charge in [-0.25, -0.2) is 4.98 Å². The number of rotatable bonds is 3. The summed E-state index contributed by atoms with van der Waals surface area (Å²) < 4.78 is 1.26. The number of fused-ring (bicyclic) bond motifs is 1. The van der Waals surface area contributed by atoms with E-state index in [2.05, 4.69) is 62.3 Å². The number of aromatic nitrogens is 1. The summed E-state index contributed by atoms with van der Waals surface area (Å²) in [5, 5.41) is 10.1. The molecular formula is C17H18N4S. The van der Waals surface area contributed by atoms with E-state index in [4.69, 9.17) is 0 Å². The molecule has 1 aliphatic rings. The highest BCUT2D eigenvalue weighted by Crippen LogP contribution is 2.25. The second kappa shape index (κ2) is 5.94. The SMILES string of the molecule is c1cc2cnc(Nc3ccc(N4CCNCC4)cc3)cc2s1. The number of pyridine rings is 1. The van der Waals surface area contributed by atoms with Gasteiger partial charge in [-0.05, 0) is 41.8 Å². The Morgan fingerprint density at radius 3 is 2.73 bits per heavy atom. The van der Waals surface area contributed by atoms with Gasteiger partial charge < -0.3 is 15.5 Å². The van der Waals surface area contributed by atoms with Crippen molar-refractivity contribution in [2.45, 2.75) is 0 Å². The van der Waals surface area contributed by atoms with Crippen molar-refractivity contribution in [1.29, 1.82) is 0 Å². The lowest BCUT2D eigenvalue weighted by Gasteiger charge is -2.29. The third-order valence-electron chi connectivity index (χ3n) is 3.96. The minimum atomic E-state index is 0.893. The number of nitrogens with zero attached hydrogens (tertiary/aromatic N) is 2. The van der Waals surface area contributed by atoms with Crippen molar-refractivity contribution in [2.24, 2.45) is 0 Å². The summed E-state index contributed by atoms with van der Waals surface area (Å²) in [6, 6.07) is 12.8. The van der Waals surface area contributed by atoms with Gasteiger partial charge in [0.15, 0.2) is 0 Å². The van der Waals surface area contributed by atoms with Crippen molar-refractivity contribution in [2.75, 3.05) is 36.4 Å². The first-order valence-electron chi connectivity index (χ1n) is 7.54. The number of benzene rings is 1. The molecule has 3 aromatic rings. The summed E-state index contributed by atoms with van der Waals surface area (Å²) in [6.45, 7) is 4.27. The van der Waals surface area contributed by atoms with Crippen LogP contribution in [0.25, 0.3) is 10.1 Å². The molecule has 4 nitrogen and oxygen atoms in total. The van der Waals surface area contributed by atoms with Crippen LogP contribution in [-0.2, 0) is 0 Å². The van der Waals surface area contributed by atoms with Crippen LogP contribution in [0, 0.1) is 0 Å². The molecule has 1 aliphatic heterocycles. The molecular weight excluding hydrogens is 292 g/mol. The molecule has 0 bridgehead atoms. The summed E-state index contributed by atoms with van der Waals surface area (Å²) in [4.78, 5) is 6.88. The zero-order valence-electron chi connectivity index (χ0n) is 12.2. The van der Waals surface area contributed by atoms with E-state index in [9.17, 15) is 0 Å². The molecule has 4 rings (SSSR count). The van der Waals surface area contributed by atoms with Crippen molar-refractivity contribution in [1.82, 2.24) is 10.3 Å². The summed E-state index contributed by atoms with van der Waals surface area (Å²) in [5.41, 5.74) is 2.36. The Morgan fingerprint density at radius 1 is 1.09 bits per heavy atom. The second-order valence-corrected chi connectivity index (χ2v) is 6.38. The Balaban J connectivity index is 1.50. The maximum absolute atomic E-state index is 4.46. The van der Waals surface area contributed by atoms with Gasteiger partial charge in [-0.15, -0.1) is 11.3 Å². The lowest BCUT2D eigenvalue weighted by molar-refractivity contribution is 0.589. The van der Waals surface area contributed by atoms with Crippen molar-refractivity contribution in [3.05, 3.63) is 48.0 Å². The third-order valence-corrected chi connectivity index (χ3v) is 4.84. The van der Waals surface area contributed by atoms with Crippen LogP contribution in [0.4, 0.5) is 17.2 Å². The Hall–Kier alpha value is -2.11. The fraction of sp³-hybridized carbons (Fsp3) is 0.235. The van der Waals surface area contributed by atoms with E-state index in [1.807, 2.05) is 6.20 Å². The Labute approximate surface area is 133 Å². The average Bonchev–Trinajstić information content (AvgIpc) is 3.04. The molecule has 0 atom stereocenters. The van der Waals surface area contributed by atoms with Crippen LogP contribution in [0.5, 0.6) is 0 Å². The van der Waals surface area contributed by atoms with E-state index >= 15 is 0 Å². The van der Waals surface area contributed by atoms with E-state index in [-0.39, 0.29) is 0 Å². The zero-order chi connectivity index (χ0) is 14.8. The number of hydrogen-bond donors (Lipinski definition) is 2.